The van der Waals surface area contributed by atoms with Crippen molar-refractivity contribution in [2.75, 3.05) is 39.4 Å². The fraction of sp³-hybridized carbons (Fsp3) is 0.692. The van der Waals surface area contributed by atoms with Gasteiger partial charge in [0.25, 0.3) is 0 Å². The lowest BCUT2D eigenvalue weighted by Crippen LogP contribution is -2.46. The largest absolute Gasteiger partial charge is 0.378 e. The molecule has 0 radical (unpaired) electrons. The molecule has 0 N–H and O–H groups in total. The zero-order valence-electron chi connectivity index (χ0n) is 18.7. The Balaban J connectivity index is 1.27. The van der Waals surface area contributed by atoms with Crippen LogP contribution in [0.15, 0.2) is 24.3 Å². The summed E-state index contributed by atoms with van der Waals surface area (Å²) in [6.07, 6.45) is 9.58. The molecule has 5 nitrogen and oxygen atoms in total. The van der Waals surface area contributed by atoms with E-state index in [0.717, 1.165) is 58.3 Å². The van der Waals surface area contributed by atoms with Gasteiger partial charge in [-0.25, -0.2) is 0 Å². The van der Waals surface area contributed by atoms with Crippen LogP contribution < -0.4 is 0 Å². The summed E-state index contributed by atoms with van der Waals surface area (Å²) in [6.45, 7) is 4.48. The Morgan fingerprint density at radius 3 is 2.39 bits per heavy atom. The lowest BCUT2D eigenvalue weighted by atomic mass is 9.73. The molecule has 2 aliphatic carbocycles. The summed E-state index contributed by atoms with van der Waals surface area (Å²) in [5.41, 5.74) is 2.95. The molecule has 4 aliphatic rings. The third-order valence-electron chi connectivity index (χ3n) is 8.38. The number of piperidine rings is 1. The van der Waals surface area contributed by atoms with Crippen molar-refractivity contribution in [3.8, 4) is 0 Å². The number of carbonyl (C=O) groups excluding carboxylic acids is 2. The number of nitrogens with zero attached hydrogens (tertiary/aromatic N) is 2. The monoisotopic (exact) mass is 424 g/mol. The maximum atomic E-state index is 13.1. The minimum absolute atomic E-state index is 0.135. The second-order valence-corrected chi connectivity index (χ2v) is 10.1. The van der Waals surface area contributed by atoms with Crippen LogP contribution in [0.5, 0.6) is 0 Å². The fourth-order valence-electron chi connectivity index (χ4n) is 6.60. The summed E-state index contributed by atoms with van der Waals surface area (Å²) in [7, 11) is 0. The van der Waals surface area contributed by atoms with E-state index in [1.54, 1.807) is 0 Å². The minimum atomic E-state index is 0.135. The predicted molar refractivity (Wildman–Crippen MR) is 120 cm³/mol. The third-order valence-corrected chi connectivity index (χ3v) is 8.38. The maximum Gasteiger partial charge on any atom is 0.225 e. The number of fused-ring (bicyclic) bond motifs is 2. The Morgan fingerprint density at radius 1 is 0.935 bits per heavy atom. The van der Waals surface area contributed by atoms with E-state index in [1.165, 1.54) is 30.4 Å². The fourth-order valence-corrected chi connectivity index (χ4v) is 6.60. The van der Waals surface area contributed by atoms with Crippen LogP contribution in [-0.4, -0.2) is 61.0 Å². The molecule has 1 spiro atoms. The summed E-state index contributed by atoms with van der Waals surface area (Å²) >= 11 is 0. The molecule has 3 fully saturated rings. The first-order chi connectivity index (χ1) is 15.2. The molecule has 31 heavy (non-hydrogen) atoms. The average molecular weight is 425 g/mol. The molecule has 0 aromatic heterocycles. The average Bonchev–Trinajstić information content (AvgIpc) is 3.13. The van der Waals surface area contributed by atoms with Crippen molar-refractivity contribution < 1.29 is 14.3 Å². The number of hydrogen-bond acceptors (Lipinski definition) is 3. The lowest BCUT2D eigenvalue weighted by molar-refractivity contribution is -0.138. The molecule has 2 aliphatic heterocycles. The zero-order valence-corrected chi connectivity index (χ0v) is 18.7. The molecule has 2 amide bonds. The van der Waals surface area contributed by atoms with Crippen molar-refractivity contribution in [3.05, 3.63) is 35.4 Å². The molecule has 1 aromatic rings. The number of carbonyl (C=O) groups is 2. The van der Waals surface area contributed by atoms with E-state index in [0.29, 0.717) is 31.5 Å². The summed E-state index contributed by atoms with van der Waals surface area (Å²) < 4.78 is 5.41. The highest BCUT2D eigenvalue weighted by molar-refractivity contribution is 5.79. The summed E-state index contributed by atoms with van der Waals surface area (Å²) in [5, 5.41) is 0. The molecule has 1 aromatic carbocycles. The van der Waals surface area contributed by atoms with Crippen molar-refractivity contribution in [2.24, 2.45) is 5.92 Å². The zero-order chi connectivity index (χ0) is 21.3. The molecular formula is C26H36N2O3. The first-order valence-corrected chi connectivity index (χ1v) is 12.4. The summed E-state index contributed by atoms with van der Waals surface area (Å²) in [5.74, 6) is 1.23. The Hall–Kier alpha value is -1.88. The van der Waals surface area contributed by atoms with Gasteiger partial charge in [-0.05, 0) is 54.6 Å². The molecule has 1 atom stereocenters. The lowest BCUT2D eigenvalue weighted by Gasteiger charge is -2.42. The van der Waals surface area contributed by atoms with Crippen LogP contribution in [0.1, 0.15) is 74.8 Å². The van der Waals surface area contributed by atoms with Crippen molar-refractivity contribution in [3.63, 3.8) is 0 Å². The standard InChI is InChI=1S/C26H36N2O3/c29-24(27-14-16-31-17-15-27)18-21-19-26(23-9-5-4-8-22(21)23)10-12-28(13-11-26)25(30)20-6-2-1-3-7-20/h4-5,8-9,20-21H,1-3,6-7,10-19H2/t21-/m1/s1. The molecule has 2 heterocycles. The molecule has 0 unspecified atom stereocenters. The number of likely N-dealkylation sites (tertiary alicyclic amines) is 1. The highest BCUT2D eigenvalue weighted by Gasteiger charge is 2.46. The van der Waals surface area contributed by atoms with E-state index >= 15 is 0 Å². The van der Waals surface area contributed by atoms with Crippen molar-refractivity contribution in [1.29, 1.82) is 0 Å². The third kappa shape index (κ3) is 4.13. The molecule has 1 saturated carbocycles. The first-order valence-electron chi connectivity index (χ1n) is 12.4. The maximum absolute atomic E-state index is 13.1. The van der Waals surface area contributed by atoms with Crippen LogP contribution in [0, 0.1) is 5.92 Å². The van der Waals surface area contributed by atoms with E-state index in [-0.39, 0.29) is 17.2 Å². The molecule has 2 saturated heterocycles. The van der Waals surface area contributed by atoms with Crippen molar-refractivity contribution in [2.45, 2.75) is 69.1 Å². The number of hydrogen-bond donors (Lipinski definition) is 0. The number of amides is 2. The van der Waals surface area contributed by atoms with Crippen LogP contribution in [0.3, 0.4) is 0 Å². The second-order valence-electron chi connectivity index (χ2n) is 10.1. The Labute approximate surface area is 186 Å². The highest BCUT2D eigenvalue weighted by Crippen LogP contribution is 2.53. The molecular weight excluding hydrogens is 388 g/mol. The van der Waals surface area contributed by atoms with Gasteiger partial charge in [-0.3, -0.25) is 9.59 Å². The number of benzene rings is 1. The summed E-state index contributed by atoms with van der Waals surface area (Å²) in [4.78, 5) is 30.1. The molecule has 5 heteroatoms. The predicted octanol–water partition coefficient (Wildman–Crippen LogP) is 3.86. The number of morpholine rings is 1. The van der Waals surface area contributed by atoms with Crippen LogP contribution in [0.25, 0.3) is 0 Å². The van der Waals surface area contributed by atoms with E-state index in [9.17, 15) is 9.59 Å². The van der Waals surface area contributed by atoms with E-state index in [4.69, 9.17) is 4.74 Å². The van der Waals surface area contributed by atoms with E-state index in [1.807, 2.05) is 4.90 Å². The van der Waals surface area contributed by atoms with Gasteiger partial charge in [0, 0.05) is 38.5 Å². The normalized spacial score (nSPS) is 26.1. The van der Waals surface area contributed by atoms with Gasteiger partial charge in [-0.1, -0.05) is 43.5 Å². The van der Waals surface area contributed by atoms with Crippen LogP contribution in [0.2, 0.25) is 0 Å². The van der Waals surface area contributed by atoms with Gasteiger partial charge in [0.05, 0.1) is 13.2 Å². The Morgan fingerprint density at radius 2 is 1.65 bits per heavy atom. The van der Waals surface area contributed by atoms with E-state index < -0.39 is 0 Å². The molecule has 168 valence electrons. The van der Waals surface area contributed by atoms with Crippen molar-refractivity contribution in [1.82, 2.24) is 9.80 Å². The van der Waals surface area contributed by atoms with Crippen LogP contribution in [-0.2, 0) is 19.7 Å². The number of ether oxygens (including phenoxy) is 1. The second kappa shape index (κ2) is 8.93. The van der Waals surface area contributed by atoms with Gasteiger partial charge in [0.2, 0.25) is 11.8 Å². The topological polar surface area (TPSA) is 49.9 Å². The van der Waals surface area contributed by atoms with Gasteiger partial charge in [0.15, 0.2) is 0 Å². The van der Waals surface area contributed by atoms with Gasteiger partial charge < -0.3 is 14.5 Å². The SMILES string of the molecule is O=C(C[C@@H]1CC2(CCN(C(=O)C3CCCCC3)CC2)c2ccccc21)N1CCOCC1. The van der Waals surface area contributed by atoms with E-state index in [2.05, 4.69) is 29.2 Å². The van der Waals surface area contributed by atoms with Crippen LogP contribution in [0.4, 0.5) is 0 Å². The Bertz CT molecular complexity index is 803. The van der Waals surface area contributed by atoms with Crippen molar-refractivity contribution >= 4 is 11.8 Å². The Kier molecular flexibility index (Phi) is 6.05. The molecule has 5 rings (SSSR count). The highest BCUT2D eigenvalue weighted by atomic mass is 16.5. The smallest absolute Gasteiger partial charge is 0.225 e. The number of rotatable bonds is 3. The molecule has 0 bridgehead atoms. The summed E-state index contributed by atoms with van der Waals surface area (Å²) in [6, 6.07) is 8.78. The van der Waals surface area contributed by atoms with Gasteiger partial charge in [0.1, 0.15) is 0 Å². The van der Waals surface area contributed by atoms with Gasteiger partial charge in [-0.2, -0.15) is 0 Å². The van der Waals surface area contributed by atoms with Gasteiger partial charge in [-0.15, -0.1) is 0 Å². The van der Waals surface area contributed by atoms with Gasteiger partial charge >= 0.3 is 0 Å². The quantitative estimate of drug-likeness (QED) is 0.740. The minimum Gasteiger partial charge on any atom is -0.378 e. The first kappa shape index (κ1) is 21.0. The van der Waals surface area contributed by atoms with Crippen LogP contribution >= 0.6 is 0 Å².